The van der Waals surface area contributed by atoms with Crippen molar-refractivity contribution in [2.45, 2.75) is 37.0 Å². The molecule has 1 heterocycles. The molecule has 0 aromatic carbocycles. The molecule has 19 heavy (non-hydrogen) atoms. The summed E-state index contributed by atoms with van der Waals surface area (Å²) in [6, 6.07) is 1.82. The second-order valence-electron chi connectivity index (χ2n) is 4.77. The molecule has 1 aromatic heterocycles. The van der Waals surface area contributed by atoms with Crippen molar-refractivity contribution in [2.24, 2.45) is 0 Å². The van der Waals surface area contributed by atoms with Crippen LogP contribution in [-0.4, -0.2) is 28.4 Å². The first-order valence-corrected chi connectivity index (χ1v) is 8.01. The number of nitrogens with zero attached hydrogens (tertiary/aromatic N) is 1. The number of nitrogens with two attached hydrogens (primary N) is 1. The van der Waals surface area contributed by atoms with Gasteiger partial charge < -0.3 is 11.1 Å². The molecule has 0 spiro atoms. The minimum absolute atomic E-state index is 0.123. The predicted molar refractivity (Wildman–Crippen MR) is 80.7 cm³/mol. The fourth-order valence-corrected chi connectivity index (χ4v) is 3.19. The Morgan fingerprint density at radius 3 is 2.74 bits per heavy atom. The molecule has 0 atom stereocenters. The lowest BCUT2D eigenvalue weighted by molar-refractivity contribution is 0.0928. The molecular formula is C13H18ClN3OS. The van der Waals surface area contributed by atoms with Crippen molar-refractivity contribution in [3.05, 3.63) is 22.8 Å². The average Bonchev–Trinajstić information content (AvgIpc) is 2.42. The van der Waals surface area contributed by atoms with E-state index in [1.165, 1.54) is 6.20 Å². The van der Waals surface area contributed by atoms with Gasteiger partial charge in [-0.3, -0.25) is 4.79 Å². The van der Waals surface area contributed by atoms with Gasteiger partial charge in [-0.1, -0.05) is 11.6 Å². The molecule has 3 N–H and O–H groups in total. The van der Waals surface area contributed by atoms with Gasteiger partial charge in [0.15, 0.2) is 0 Å². The molecule has 104 valence electrons. The Morgan fingerprint density at radius 1 is 1.47 bits per heavy atom. The lowest BCUT2D eigenvalue weighted by atomic mass is 9.95. The summed E-state index contributed by atoms with van der Waals surface area (Å²) >= 11 is 7.78. The van der Waals surface area contributed by atoms with E-state index in [-0.39, 0.29) is 17.8 Å². The Labute approximate surface area is 122 Å². The van der Waals surface area contributed by atoms with Crippen molar-refractivity contribution in [2.75, 3.05) is 12.0 Å². The Hall–Kier alpha value is -0.940. The minimum atomic E-state index is -0.123. The monoisotopic (exact) mass is 299 g/mol. The van der Waals surface area contributed by atoms with E-state index in [0.717, 1.165) is 30.9 Å². The maximum Gasteiger partial charge on any atom is 0.253 e. The van der Waals surface area contributed by atoms with Crippen molar-refractivity contribution in [1.29, 1.82) is 0 Å². The number of anilines is 1. The quantitative estimate of drug-likeness (QED) is 0.900. The molecule has 0 radical (unpaired) electrons. The van der Waals surface area contributed by atoms with E-state index >= 15 is 0 Å². The van der Waals surface area contributed by atoms with Crippen molar-refractivity contribution in [3.8, 4) is 0 Å². The third kappa shape index (κ3) is 3.76. The third-order valence-corrected chi connectivity index (χ3v) is 4.92. The number of aromatic nitrogens is 1. The van der Waals surface area contributed by atoms with Gasteiger partial charge in [0.05, 0.1) is 10.6 Å². The number of amides is 1. The van der Waals surface area contributed by atoms with Crippen LogP contribution in [-0.2, 0) is 0 Å². The Kier molecular flexibility index (Phi) is 4.93. The lowest BCUT2D eigenvalue weighted by Gasteiger charge is -2.28. The van der Waals surface area contributed by atoms with Crippen LogP contribution in [0.5, 0.6) is 0 Å². The summed E-state index contributed by atoms with van der Waals surface area (Å²) < 4.78 is 0. The fourth-order valence-electron chi connectivity index (χ4n) is 2.28. The summed E-state index contributed by atoms with van der Waals surface area (Å²) in [6.45, 7) is 0. The van der Waals surface area contributed by atoms with Crippen molar-refractivity contribution in [3.63, 3.8) is 0 Å². The molecule has 0 saturated heterocycles. The van der Waals surface area contributed by atoms with Gasteiger partial charge in [0.1, 0.15) is 5.82 Å². The van der Waals surface area contributed by atoms with Gasteiger partial charge in [0.25, 0.3) is 5.91 Å². The van der Waals surface area contributed by atoms with Crippen molar-refractivity contribution in [1.82, 2.24) is 10.3 Å². The van der Waals surface area contributed by atoms with Crippen LogP contribution in [0, 0.1) is 0 Å². The van der Waals surface area contributed by atoms with Crippen LogP contribution >= 0.6 is 23.4 Å². The van der Waals surface area contributed by atoms with Crippen LogP contribution in [0.3, 0.4) is 0 Å². The number of rotatable bonds is 3. The summed E-state index contributed by atoms with van der Waals surface area (Å²) in [5, 5.41) is 4.09. The van der Waals surface area contributed by atoms with E-state index in [1.807, 2.05) is 11.8 Å². The highest BCUT2D eigenvalue weighted by Crippen LogP contribution is 2.27. The molecule has 0 unspecified atom stereocenters. The van der Waals surface area contributed by atoms with Crippen molar-refractivity contribution < 1.29 is 4.79 Å². The summed E-state index contributed by atoms with van der Waals surface area (Å²) in [4.78, 5) is 16.0. The highest BCUT2D eigenvalue weighted by atomic mass is 35.5. The van der Waals surface area contributed by atoms with Gasteiger partial charge in [0, 0.05) is 17.5 Å². The van der Waals surface area contributed by atoms with Crippen LogP contribution in [0.1, 0.15) is 36.0 Å². The van der Waals surface area contributed by atoms with Crippen LogP contribution in [0.25, 0.3) is 0 Å². The zero-order valence-corrected chi connectivity index (χ0v) is 12.4. The zero-order valence-electron chi connectivity index (χ0n) is 10.9. The molecule has 1 aromatic rings. The largest absolute Gasteiger partial charge is 0.382 e. The molecule has 6 heteroatoms. The summed E-state index contributed by atoms with van der Waals surface area (Å²) in [5.41, 5.74) is 5.99. The van der Waals surface area contributed by atoms with Crippen LogP contribution in [0.4, 0.5) is 5.82 Å². The van der Waals surface area contributed by atoms with Gasteiger partial charge in [-0.05, 0) is 38.0 Å². The number of nitrogen functional groups attached to an aromatic ring is 1. The first kappa shape index (κ1) is 14.5. The van der Waals surface area contributed by atoms with Crippen molar-refractivity contribution >= 4 is 35.1 Å². The fraction of sp³-hybridized carbons (Fsp3) is 0.538. The molecular weight excluding hydrogens is 282 g/mol. The number of thioether (sulfide) groups is 1. The zero-order chi connectivity index (χ0) is 13.8. The third-order valence-electron chi connectivity index (χ3n) is 3.47. The molecule has 1 aliphatic rings. The predicted octanol–water partition coefficient (Wildman–Crippen LogP) is 2.72. The number of carbonyl (C=O) groups excluding carboxylic acids is 1. The second kappa shape index (κ2) is 6.48. The van der Waals surface area contributed by atoms with E-state index in [2.05, 4.69) is 16.6 Å². The van der Waals surface area contributed by atoms with Gasteiger partial charge in [-0.25, -0.2) is 4.98 Å². The first-order valence-electron chi connectivity index (χ1n) is 6.35. The molecule has 1 saturated carbocycles. The Balaban J connectivity index is 1.92. The van der Waals surface area contributed by atoms with Gasteiger partial charge in [0.2, 0.25) is 0 Å². The molecule has 1 fully saturated rings. The van der Waals surface area contributed by atoms with Crippen LogP contribution in [0.15, 0.2) is 12.3 Å². The summed E-state index contributed by atoms with van der Waals surface area (Å²) in [6.07, 6.45) is 8.00. The Morgan fingerprint density at radius 2 is 2.16 bits per heavy atom. The Bertz CT molecular complexity index is 461. The SMILES string of the molecule is CSC1CCC(NC(=O)c2cnc(N)c(Cl)c2)CC1. The van der Waals surface area contributed by atoms with E-state index in [0.29, 0.717) is 10.6 Å². The number of carbonyl (C=O) groups is 1. The number of pyridine rings is 1. The van der Waals surface area contributed by atoms with Crippen LogP contribution < -0.4 is 11.1 Å². The van der Waals surface area contributed by atoms with E-state index in [4.69, 9.17) is 17.3 Å². The molecule has 0 bridgehead atoms. The molecule has 0 aliphatic heterocycles. The standard InChI is InChI=1S/C13H18ClN3OS/c1-19-10-4-2-9(3-5-10)17-13(18)8-6-11(14)12(15)16-7-8/h6-7,9-10H,2-5H2,1H3,(H2,15,16)(H,17,18). The highest BCUT2D eigenvalue weighted by Gasteiger charge is 2.22. The minimum Gasteiger partial charge on any atom is -0.382 e. The highest BCUT2D eigenvalue weighted by molar-refractivity contribution is 7.99. The van der Waals surface area contributed by atoms with Gasteiger partial charge in [-0.15, -0.1) is 0 Å². The normalized spacial score (nSPS) is 23.1. The maximum atomic E-state index is 12.1. The number of hydrogen-bond donors (Lipinski definition) is 2. The van der Waals surface area contributed by atoms with E-state index in [1.54, 1.807) is 6.07 Å². The summed E-state index contributed by atoms with van der Waals surface area (Å²) in [7, 11) is 0. The van der Waals surface area contributed by atoms with Crippen LogP contribution in [0.2, 0.25) is 5.02 Å². The second-order valence-corrected chi connectivity index (χ2v) is 6.32. The van der Waals surface area contributed by atoms with Gasteiger partial charge >= 0.3 is 0 Å². The topological polar surface area (TPSA) is 68.0 Å². The summed E-state index contributed by atoms with van der Waals surface area (Å²) in [5.74, 6) is 0.126. The number of nitrogens with one attached hydrogen (secondary N) is 1. The average molecular weight is 300 g/mol. The molecule has 4 nitrogen and oxygen atoms in total. The lowest BCUT2D eigenvalue weighted by Crippen LogP contribution is -2.38. The molecule has 1 amide bonds. The van der Waals surface area contributed by atoms with E-state index < -0.39 is 0 Å². The molecule has 2 rings (SSSR count). The maximum absolute atomic E-state index is 12.1. The number of halogens is 1. The first-order chi connectivity index (χ1) is 9.10. The number of hydrogen-bond acceptors (Lipinski definition) is 4. The van der Waals surface area contributed by atoms with E-state index in [9.17, 15) is 4.79 Å². The molecule has 1 aliphatic carbocycles. The smallest absolute Gasteiger partial charge is 0.253 e. The van der Waals surface area contributed by atoms with Gasteiger partial charge in [-0.2, -0.15) is 11.8 Å².